The summed E-state index contributed by atoms with van der Waals surface area (Å²) < 4.78 is 0. The Kier molecular flexibility index (Phi) is 6.59. The van der Waals surface area contributed by atoms with E-state index < -0.39 is 11.9 Å². The molecule has 0 aliphatic heterocycles. The number of carbonyl (C=O) groups is 3. The van der Waals surface area contributed by atoms with Crippen LogP contribution in [0.3, 0.4) is 0 Å². The summed E-state index contributed by atoms with van der Waals surface area (Å²) in [5, 5.41) is 4.92. The van der Waals surface area contributed by atoms with Crippen molar-refractivity contribution >= 4 is 17.7 Å². The third-order valence-corrected chi connectivity index (χ3v) is 2.87. The number of benzene rings is 1. The van der Waals surface area contributed by atoms with Gasteiger partial charge >= 0.3 is 0 Å². The minimum absolute atomic E-state index is 0.140. The summed E-state index contributed by atoms with van der Waals surface area (Å²) >= 11 is 0. The Bertz CT molecular complexity index is 498. The minimum atomic E-state index is -0.678. The molecule has 0 bridgehead atoms. The topological polar surface area (TPSA) is 75.3 Å². The molecular weight excluding hydrogens is 268 g/mol. The van der Waals surface area contributed by atoms with Crippen LogP contribution in [0.5, 0.6) is 0 Å². The second-order valence-corrected chi connectivity index (χ2v) is 5.46. The molecule has 0 saturated carbocycles. The average Bonchev–Trinajstić information content (AvgIpc) is 2.37. The normalized spacial score (nSPS) is 11.8. The van der Waals surface area contributed by atoms with Crippen LogP contribution in [0.15, 0.2) is 30.3 Å². The maximum absolute atomic E-state index is 12.1. The van der Waals surface area contributed by atoms with E-state index in [0.717, 1.165) is 5.56 Å². The van der Waals surface area contributed by atoms with E-state index >= 15 is 0 Å². The van der Waals surface area contributed by atoms with Crippen molar-refractivity contribution in [2.45, 2.75) is 39.7 Å². The van der Waals surface area contributed by atoms with E-state index in [1.807, 2.05) is 44.2 Å². The molecule has 2 N–H and O–H groups in total. The number of nitrogens with one attached hydrogen (secondary N) is 2. The van der Waals surface area contributed by atoms with Crippen molar-refractivity contribution in [3.05, 3.63) is 35.9 Å². The Morgan fingerprint density at radius 2 is 1.71 bits per heavy atom. The van der Waals surface area contributed by atoms with Crippen molar-refractivity contribution < 1.29 is 14.4 Å². The van der Waals surface area contributed by atoms with Crippen LogP contribution in [-0.4, -0.2) is 23.8 Å². The van der Waals surface area contributed by atoms with Gasteiger partial charge in [-0.1, -0.05) is 44.2 Å². The number of rotatable bonds is 6. The number of amides is 3. The quantitative estimate of drug-likeness (QED) is 0.832. The molecular formula is C16H22N2O3. The second kappa shape index (κ2) is 8.19. The highest BCUT2D eigenvalue weighted by atomic mass is 16.2. The zero-order valence-electron chi connectivity index (χ0n) is 12.7. The highest BCUT2D eigenvalue weighted by Gasteiger charge is 2.22. The zero-order chi connectivity index (χ0) is 15.8. The molecule has 0 saturated heterocycles. The highest BCUT2D eigenvalue weighted by Crippen LogP contribution is 2.05. The van der Waals surface area contributed by atoms with Gasteiger partial charge in [-0.05, 0) is 17.9 Å². The predicted octanol–water partition coefficient (Wildman–Crippen LogP) is 1.42. The summed E-state index contributed by atoms with van der Waals surface area (Å²) in [6.07, 6.45) is 0.630. The molecule has 0 fully saturated rings. The lowest BCUT2D eigenvalue weighted by atomic mass is 10.0. The van der Waals surface area contributed by atoms with E-state index in [1.54, 1.807) is 0 Å². The number of hydrogen-bond acceptors (Lipinski definition) is 3. The lowest BCUT2D eigenvalue weighted by molar-refractivity contribution is -0.133. The maximum Gasteiger partial charge on any atom is 0.249 e. The third kappa shape index (κ3) is 6.70. The molecule has 0 radical (unpaired) electrons. The van der Waals surface area contributed by atoms with Crippen LogP contribution in [0.25, 0.3) is 0 Å². The minimum Gasteiger partial charge on any atom is -0.345 e. The van der Waals surface area contributed by atoms with Crippen LogP contribution in [-0.2, 0) is 20.8 Å². The number of hydrogen-bond donors (Lipinski definition) is 2. The van der Waals surface area contributed by atoms with E-state index in [9.17, 15) is 14.4 Å². The largest absolute Gasteiger partial charge is 0.345 e. The molecule has 0 spiro atoms. The average molecular weight is 290 g/mol. The molecule has 3 amide bonds. The molecule has 1 aromatic rings. The van der Waals surface area contributed by atoms with Crippen LogP contribution >= 0.6 is 0 Å². The van der Waals surface area contributed by atoms with Gasteiger partial charge in [0.25, 0.3) is 0 Å². The van der Waals surface area contributed by atoms with Gasteiger partial charge in [0, 0.05) is 6.92 Å². The van der Waals surface area contributed by atoms with Crippen molar-refractivity contribution in [2.75, 3.05) is 0 Å². The Morgan fingerprint density at radius 1 is 1.10 bits per heavy atom. The first-order chi connectivity index (χ1) is 9.88. The summed E-state index contributed by atoms with van der Waals surface area (Å²) in [6, 6.07) is 8.50. The smallest absolute Gasteiger partial charge is 0.249 e. The Labute approximate surface area is 125 Å². The van der Waals surface area contributed by atoms with Crippen molar-refractivity contribution in [2.24, 2.45) is 5.92 Å². The molecule has 1 aromatic carbocycles. The number of imide groups is 1. The molecule has 0 aromatic heterocycles. The molecule has 5 nitrogen and oxygen atoms in total. The van der Waals surface area contributed by atoms with Crippen LogP contribution in [0.1, 0.15) is 32.8 Å². The van der Waals surface area contributed by atoms with E-state index in [-0.39, 0.29) is 24.2 Å². The van der Waals surface area contributed by atoms with Crippen LogP contribution < -0.4 is 10.6 Å². The molecule has 0 aliphatic carbocycles. The molecule has 0 heterocycles. The standard InChI is InChI=1S/C16H22N2O3/c1-11(2)9-14(17-12(3)19)16(21)18-15(20)10-13-7-5-4-6-8-13/h4-8,11,14H,9-10H2,1-3H3,(H,17,19)(H,18,20,21)/t14-/m1/s1. The summed E-state index contributed by atoms with van der Waals surface area (Å²) in [6.45, 7) is 5.26. The van der Waals surface area contributed by atoms with E-state index in [1.165, 1.54) is 6.92 Å². The van der Waals surface area contributed by atoms with Gasteiger partial charge in [0.2, 0.25) is 17.7 Å². The summed E-state index contributed by atoms with van der Waals surface area (Å²) in [7, 11) is 0. The summed E-state index contributed by atoms with van der Waals surface area (Å²) in [5.74, 6) is -0.881. The molecule has 114 valence electrons. The number of carbonyl (C=O) groups excluding carboxylic acids is 3. The first-order valence-corrected chi connectivity index (χ1v) is 7.03. The zero-order valence-corrected chi connectivity index (χ0v) is 12.7. The van der Waals surface area contributed by atoms with Gasteiger partial charge < -0.3 is 5.32 Å². The first-order valence-electron chi connectivity index (χ1n) is 7.03. The maximum atomic E-state index is 12.1. The van der Waals surface area contributed by atoms with E-state index in [4.69, 9.17) is 0 Å². The molecule has 1 atom stereocenters. The van der Waals surface area contributed by atoms with Crippen molar-refractivity contribution in [1.82, 2.24) is 10.6 Å². The molecule has 5 heteroatoms. The van der Waals surface area contributed by atoms with Gasteiger partial charge in [-0.25, -0.2) is 0 Å². The van der Waals surface area contributed by atoms with Crippen LogP contribution in [0, 0.1) is 5.92 Å². The van der Waals surface area contributed by atoms with Gasteiger partial charge in [-0.3, -0.25) is 19.7 Å². The molecule has 21 heavy (non-hydrogen) atoms. The first kappa shape index (κ1) is 16.9. The van der Waals surface area contributed by atoms with E-state index in [2.05, 4.69) is 10.6 Å². The fourth-order valence-corrected chi connectivity index (χ4v) is 2.00. The van der Waals surface area contributed by atoms with Crippen molar-refractivity contribution in [1.29, 1.82) is 0 Å². The Hall–Kier alpha value is -2.17. The second-order valence-electron chi connectivity index (χ2n) is 5.46. The summed E-state index contributed by atoms with van der Waals surface area (Å²) in [5.41, 5.74) is 0.836. The predicted molar refractivity (Wildman–Crippen MR) is 80.4 cm³/mol. The van der Waals surface area contributed by atoms with Gasteiger partial charge in [-0.15, -0.1) is 0 Å². The third-order valence-electron chi connectivity index (χ3n) is 2.87. The van der Waals surface area contributed by atoms with Gasteiger partial charge in [-0.2, -0.15) is 0 Å². The van der Waals surface area contributed by atoms with Gasteiger partial charge in [0.05, 0.1) is 6.42 Å². The molecule has 0 unspecified atom stereocenters. The lowest BCUT2D eigenvalue weighted by Gasteiger charge is -2.18. The monoisotopic (exact) mass is 290 g/mol. The van der Waals surface area contributed by atoms with Gasteiger partial charge in [0.1, 0.15) is 6.04 Å². The molecule has 0 aliphatic rings. The van der Waals surface area contributed by atoms with E-state index in [0.29, 0.717) is 6.42 Å². The summed E-state index contributed by atoms with van der Waals surface area (Å²) in [4.78, 5) is 35.1. The van der Waals surface area contributed by atoms with Gasteiger partial charge in [0.15, 0.2) is 0 Å². The fraction of sp³-hybridized carbons (Fsp3) is 0.438. The Balaban J connectivity index is 2.59. The van der Waals surface area contributed by atoms with Crippen LogP contribution in [0.2, 0.25) is 0 Å². The fourth-order valence-electron chi connectivity index (χ4n) is 2.00. The molecule has 1 rings (SSSR count). The lowest BCUT2D eigenvalue weighted by Crippen LogP contribution is -2.48. The SMILES string of the molecule is CC(=O)N[C@H](CC(C)C)C(=O)NC(=O)Cc1ccccc1. The van der Waals surface area contributed by atoms with Crippen LogP contribution in [0.4, 0.5) is 0 Å². The highest BCUT2D eigenvalue weighted by molar-refractivity contribution is 5.99. The van der Waals surface area contributed by atoms with Crippen molar-refractivity contribution in [3.8, 4) is 0 Å². The Morgan fingerprint density at radius 3 is 2.24 bits per heavy atom. The van der Waals surface area contributed by atoms with Crippen molar-refractivity contribution in [3.63, 3.8) is 0 Å².